The van der Waals surface area contributed by atoms with Gasteiger partial charge in [-0.25, -0.2) is 9.18 Å². The molecule has 6 nitrogen and oxygen atoms in total. The highest BCUT2D eigenvalue weighted by molar-refractivity contribution is 5.73. The van der Waals surface area contributed by atoms with Crippen molar-refractivity contribution in [2.24, 2.45) is 0 Å². The highest BCUT2D eigenvalue weighted by Gasteiger charge is 2.07. The molecule has 0 radical (unpaired) electrons. The van der Waals surface area contributed by atoms with E-state index in [4.69, 9.17) is 9.47 Å². The normalized spacial score (nSPS) is 10.0. The van der Waals surface area contributed by atoms with Gasteiger partial charge in [0.15, 0.2) is 11.5 Å². The molecule has 0 bridgehead atoms. The Hall–Kier alpha value is -2.83. The van der Waals surface area contributed by atoms with Gasteiger partial charge in [-0.1, -0.05) is 6.07 Å². The fourth-order valence-corrected chi connectivity index (χ4v) is 1.95. The minimum absolute atomic E-state index is 0.0183. The predicted molar refractivity (Wildman–Crippen MR) is 82.8 cm³/mol. The first-order valence-electron chi connectivity index (χ1n) is 6.96. The van der Waals surface area contributed by atoms with Gasteiger partial charge in [-0.15, -0.1) is 0 Å². The molecule has 0 fully saturated rings. The van der Waals surface area contributed by atoms with Gasteiger partial charge in [0.1, 0.15) is 5.82 Å². The predicted octanol–water partition coefficient (Wildman–Crippen LogP) is 2.24. The monoisotopic (exact) mass is 319 g/mol. The summed E-state index contributed by atoms with van der Waals surface area (Å²) in [5.41, 5.74) is 1.04. The summed E-state index contributed by atoms with van der Waals surface area (Å²) in [7, 11) is 3.10. The second-order valence-corrected chi connectivity index (χ2v) is 4.66. The van der Waals surface area contributed by atoms with Gasteiger partial charge in [-0.05, 0) is 29.8 Å². The van der Waals surface area contributed by atoms with Crippen molar-refractivity contribution < 1.29 is 18.7 Å². The number of halogens is 1. The molecular formula is C16H18FN3O3. The largest absolute Gasteiger partial charge is 0.493 e. The number of urea groups is 1. The Labute approximate surface area is 133 Å². The number of nitrogens with one attached hydrogen (secondary N) is 2. The van der Waals surface area contributed by atoms with Crippen molar-refractivity contribution in [1.29, 1.82) is 0 Å². The van der Waals surface area contributed by atoms with Gasteiger partial charge in [0.25, 0.3) is 0 Å². The number of hydrogen-bond donors (Lipinski definition) is 2. The number of methoxy groups -OCH3 is 2. The van der Waals surface area contributed by atoms with Crippen molar-refractivity contribution in [3.63, 3.8) is 0 Å². The van der Waals surface area contributed by atoms with E-state index < -0.39 is 11.8 Å². The van der Waals surface area contributed by atoms with Crippen molar-refractivity contribution >= 4 is 6.03 Å². The van der Waals surface area contributed by atoms with E-state index in [1.807, 2.05) is 6.07 Å². The summed E-state index contributed by atoms with van der Waals surface area (Å²) in [5.74, 6) is 0.752. The van der Waals surface area contributed by atoms with Gasteiger partial charge < -0.3 is 20.1 Å². The zero-order chi connectivity index (χ0) is 16.7. The Bertz CT molecular complexity index is 679. The number of carbonyl (C=O) groups is 1. The smallest absolute Gasteiger partial charge is 0.315 e. The highest BCUT2D eigenvalue weighted by atomic mass is 19.1. The number of hydrogen-bond acceptors (Lipinski definition) is 4. The molecule has 0 atom stereocenters. The summed E-state index contributed by atoms with van der Waals surface area (Å²) in [6, 6.07) is 7.74. The zero-order valence-corrected chi connectivity index (χ0v) is 12.9. The van der Waals surface area contributed by atoms with Crippen molar-refractivity contribution in [2.45, 2.75) is 13.1 Å². The van der Waals surface area contributed by atoms with Crippen LogP contribution in [-0.4, -0.2) is 25.2 Å². The summed E-state index contributed by atoms with van der Waals surface area (Å²) in [4.78, 5) is 15.6. The minimum Gasteiger partial charge on any atom is -0.493 e. The number of amides is 2. The van der Waals surface area contributed by atoms with Crippen molar-refractivity contribution in [1.82, 2.24) is 15.6 Å². The van der Waals surface area contributed by atoms with E-state index in [1.165, 1.54) is 18.3 Å². The molecule has 0 spiro atoms. The maximum Gasteiger partial charge on any atom is 0.315 e. The topological polar surface area (TPSA) is 72.5 Å². The van der Waals surface area contributed by atoms with Crippen LogP contribution in [0.2, 0.25) is 0 Å². The average Bonchev–Trinajstić information content (AvgIpc) is 2.58. The van der Waals surface area contributed by atoms with Crippen LogP contribution in [0.15, 0.2) is 36.5 Å². The third-order valence-corrected chi connectivity index (χ3v) is 3.15. The van der Waals surface area contributed by atoms with E-state index in [-0.39, 0.29) is 12.2 Å². The lowest BCUT2D eigenvalue weighted by Gasteiger charge is -2.11. The lowest BCUT2D eigenvalue weighted by atomic mass is 10.2. The Kier molecular flexibility index (Phi) is 5.74. The lowest BCUT2D eigenvalue weighted by Crippen LogP contribution is -2.35. The highest BCUT2D eigenvalue weighted by Crippen LogP contribution is 2.27. The Morgan fingerprint density at radius 1 is 1.13 bits per heavy atom. The molecule has 2 rings (SSSR count). The molecule has 0 aliphatic carbocycles. The van der Waals surface area contributed by atoms with Crippen LogP contribution in [-0.2, 0) is 13.1 Å². The van der Waals surface area contributed by atoms with Gasteiger partial charge in [-0.3, -0.25) is 4.98 Å². The number of rotatable bonds is 6. The van der Waals surface area contributed by atoms with E-state index >= 15 is 0 Å². The van der Waals surface area contributed by atoms with Gasteiger partial charge in [0, 0.05) is 12.7 Å². The molecule has 0 aliphatic heterocycles. The molecule has 2 amide bonds. The van der Waals surface area contributed by atoms with Crippen LogP contribution < -0.4 is 20.1 Å². The summed E-state index contributed by atoms with van der Waals surface area (Å²) in [6.07, 6.45) is 1.47. The van der Waals surface area contributed by atoms with Gasteiger partial charge in [0.2, 0.25) is 0 Å². The second-order valence-electron chi connectivity index (χ2n) is 4.66. The first kappa shape index (κ1) is 16.5. The first-order chi connectivity index (χ1) is 11.1. The maximum absolute atomic E-state index is 13.4. The zero-order valence-electron chi connectivity index (χ0n) is 12.9. The fourth-order valence-electron chi connectivity index (χ4n) is 1.95. The minimum atomic E-state index is -0.451. The lowest BCUT2D eigenvalue weighted by molar-refractivity contribution is 0.240. The van der Waals surface area contributed by atoms with E-state index in [2.05, 4.69) is 15.6 Å². The van der Waals surface area contributed by atoms with Crippen LogP contribution in [0.25, 0.3) is 0 Å². The van der Waals surface area contributed by atoms with Crippen LogP contribution in [0.4, 0.5) is 9.18 Å². The molecule has 2 aromatic rings. The first-order valence-corrected chi connectivity index (χ1v) is 6.96. The Morgan fingerprint density at radius 3 is 2.57 bits per heavy atom. The van der Waals surface area contributed by atoms with Gasteiger partial charge in [0.05, 0.1) is 26.5 Å². The van der Waals surface area contributed by atoms with E-state index in [0.717, 1.165) is 5.56 Å². The quantitative estimate of drug-likeness (QED) is 0.856. The Morgan fingerprint density at radius 2 is 1.87 bits per heavy atom. The molecule has 1 aromatic heterocycles. The van der Waals surface area contributed by atoms with Crippen LogP contribution in [0.3, 0.4) is 0 Å². The second kappa shape index (κ2) is 7.98. The molecular weight excluding hydrogens is 301 g/mol. The van der Waals surface area contributed by atoms with Crippen molar-refractivity contribution in [3.8, 4) is 11.5 Å². The number of carbonyl (C=O) groups excluding carboxylic acids is 1. The molecule has 1 heterocycles. The summed E-state index contributed by atoms with van der Waals surface area (Å²) < 4.78 is 23.7. The molecule has 122 valence electrons. The van der Waals surface area contributed by atoms with Crippen molar-refractivity contribution in [2.75, 3.05) is 14.2 Å². The number of benzene rings is 1. The van der Waals surface area contributed by atoms with E-state index in [1.54, 1.807) is 26.4 Å². The summed E-state index contributed by atoms with van der Waals surface area (Å²) in [5, 5.41) is 5.23. The summed E-state index contributed by atoms with van der Waals surface area (Å²) in [6.45, 7) is 0.321. The molecule has 0 unspecified atom stereocenters. The molecule has 7 heteroatoms. The average molecular weight is 319 g/mol. The fraction of sp³-hybridized carbons (Fsp3) is 0.250. The number of aromatic nitrogens is 1. The van der Waals surface area contributed by atoms with Crippen LogP contribution in [0, 0.1) is 5.82 Å². The van der Waals surface area contributed by atoms with E-state index in [9.17, 15) is 9.18 Å². The number of nitrogens with zero attached hydrogens (tertiary/aromatic N) is 1. The maximum atomic E-state index is 13.4. The van der Waals surface area contributed by atoms with Gasteiger partial charge >= 0.3 is 6.03 Å². The van der Waals surface area contributed by atoms with Crippen LogP contribution in [0.5, 0.6) is 11.5 Å². The molecule has 0 aliphatic rings. The molecule has 23 heavy (non-hydrogen) atoms. The van der Waals surface area contributed by atoms with Crippen LogP contribution in [0.1, 0.15) is 11.3 Å². The molecule has 1 aromatic carbocycles. The third kappa shape index (κ3) is 4.57. The summed E-state index contributed by atoms with van der Waals surface area (Å²) >= 11 is 0. The van der Waals surface area contributed by atoms with Crippen molar-refractivity contribution in [3.05, 3.63) is 53.6 Å². The number of ether oxygens (including phenoxy) is 2. The van der Waals surface area contributed by atoms with Gasteiger partial charge in [-0.2, -0.15) is 0 Å². The van der Waals surface area contributed by atoms with Crippen LogP contribution >= 0.6 is 0 Å². The Balaban J connectivity index is 1.86. The van der Waals surface area contributed by atoms with E-state index in [0.29, 0.717) is 18.0 Å². The molecule has 0 saturated carbocycles. The number of pyridine rings is 1. The standard InChI is InChI=1S/C16H18FN3O3/c1-22-14-6-5-11(8-15(14)23-2)9-19-16(21)20-10-13-12(17)4-3-7-18-13/h3-8H,9-10H2,1-2H3,(H2,19,20,21). The molecule has 0 saturated heterocycles. The SMILES string of the molecule is COc1ccc(CNC(=O)NCc2ncccc2F)cc1OC. The third-order valence-electron chi connectivity index (χ3n) is 3.15. The molecule has 2 N–H and O–H groups in total.